The predicted molar refractivity (Wildman–Crippen MR) is 60.5 cm³/mol. The highest BCUT2D eigenvalue weighted by Crippen LogP contribution is 2.00. The molecule has 2 heteroatoms. The second-order valence-electron chi connectivity index (χ2n) is 3.67. The fraction of sp³-hybridized carbons (Fsp3) is 0.308. The standard InChI is InChI=1S/C13H16O2/c1-11(2)8-13(14)10-15-9-12-6-4-3-5-7-12/h3-8H,9-10H2,1-2H3. The van der Waals surface area contributed by atoms with E-state index in [2.05, 4.69) is 0 Å². The Labute approximate surface area is 90.6 Å². The van der Waals surface area contributed by atoms with Crippen LogP contribution in [0.2, 0.25) is 0 Å². The third kappa shape index (κ3) is 5.13. The predicted octanol–water partition coefficient (Wildman–Crippen LogP) is 2.74. The first kappa shape index (κ1) is 11.7. The van der Waals surface area contributed by atoms with Crippen LogP contribution in [0, 0.1) is 0 Å². The number of allylic oxidation sites excluding steroid dienone is 1. The number of ether oxygens (including phenoxy) is 1. The van der Waals surface area contributed by atoms with Crippen LogP contribution >= 0.6 is 0 Å². The fourth-order valence-electron chi connectivity index (χ4n) is 1.21. The summed E-state index contributed by atoms with van der Waals surface area (Å²) in [6.07, 6.45) is 1.60. The Bertz CT molecular complexity index is 335. The van der Waals surface area contributed by atoms with Gasteiger partial charge < -0.3 is 4.74 Å². The van der Waals surface area contributed by atoms with E-state index in [9.17, 15) is 4.79 Å². The van der Waals surface area contributed by atoms with Gasteiger partial charge in [0.25, 0.3) is 0 Å². The molecule has 0 N–H and O–H groups in total. The van der Waals surface area contributed by atoms with Crippen molar-refractivity contribution in [3.8, 4) is 0 Å². The Morgan fingerprint density at radius 1 is 1.27 bits per heavy atom. The van der Waals surface area contributed by atoms with Gasteiger partial charge in [0.2, 0.25) is 0 Å². The number of hydrogen-bond acceptors (Lipinski definition) is 2. The van der Waals surface area contributed by atoms with Gasteiger partial charge in [-0.05, 0) is 25.5 Å². The summed E-state index contributed by atoms with van der Waals surface area (Å²) < 4.78 is 5.29. The van der Waals surface area contributed by atoms with Crippen LogP contribution in [-0.2, 0) is 16.1 Å². The number of hydrogen-bond donors (Lipinski definition) is 0. The van der Waals surface area contributed by atoms with Crippen LogP contribution < -0.4 is 0 Å². The summed E-state index contributed by atoms with van der Waals surface area (Å²) in [5.41, 5.74) is 2.09. The van der Waals surface area contributed by atoms with Crippen LogP contribution in [0.5, 0.6) is 0 Å². The van der Waals surface area contributed by atoms with Gasteiger partial charge in [0, 0.05) is 0 Å². The SMILES string of the molecule is CC(C)=CC(=O)COCc1ccccc1. The lowest BCUT2D eigenvalue weighted by Crippen LogP contribution is -2.05. The molecule has 0 saturated heterocycles. The molecule has 0 aliphatic carbocycles. The smallest absolute Gasteiger partial charge is 0.181 e. The van der Waals surface area contributed by atoms with E-state index >= 15 is 0 Å². The third-order valence-corrected chi connectivity index (χ3v) is 1.81. The third-order valence-electron chi connectivity index (χ3n) is 1.81. The molecule has 0 unspecified atom stereocenters. The molecule has 1 aromatic carbocycles. The number of benzene rings is 1. The lowest BCUT2D eigenvalue weighted by Gasteiger charge is -2.01. The van der Waals surface area contributed by atoms with E-state index in [0.29, 0.717) is 6.61 Å². The van der Waals surface area contributed by atoms with Gasteiger partial charge in [-0.15, -0.1) is 0 Å². The highest BCUT2D eigenvalue weighted by Gasteiger charge is 1.98. The van der Waals surface area contributed by atoms with Gasteiger partial charge in [0.1, 0.15) is 6.61 Å². The molecule has 2 nitrogen and oxygen atoms in total. The number of carbonyl (C=O) groups is 1. The molecule has 0 amide bonds. The molecule has 15 heavy (non-hydrogen) atoms. The lowest BCUT2D eigenvalue weighted by molar-refractivity contribution is -0.119. The number of carbonyl (C=O) groups excluding carboxylic acids is 1. The van der Waals surface area contributed by atoms with Crippen LogP contribution in [0.25, 0.3) is 0 Å². The van der Waals surface area contributed by atoms with Crippen molar-refractivity contribution in [3.05, 3.63) is 47.5 Å². The number of rotatable bonds is 5. The second kappa shape index (κ2) is 6.14. The number of ketones is 1. The summed E-state index contributed by atoms with van der Waals surface area (Å²) >= 11 is 0. The van der Waals surface area contributed by atoms with Gasteiger partial charge in [-0.3, -0.25) is 4.79 Å². The zero-order chi connectivity index (χ0) is 11.1. The molecule has 0 saturated carbocycles. The first-order valence-corrected chi connectivity index (χ1v) is 4.98. The van der Waals surface area contributed by atoms with Gasteiger partial charge in [-0.1, -0.05) is 35.9 Å². The summed E-state index contributed by atoms with van der Waals surface area (Å²) in [7, 11) is 0. The van der Waals surface area contributed by atoms with Crippen LogP contribution in [0.1, 0.15) is 19.4 Å². The molecular weight excluding hydrogens is 188 g/mol. The van der Waals surface area contributed by atoms with Crippen molar-refractivity contribution in [1.29, 1.82) is 0 Å². The molecule has 0 bridgehead atoms. The zero-order valence-corrected chi connectivity index (χ0v) is 9.19. The lowest BCUT2D eigenvalue weighted by atomic mass is 10.2. The zero-order valence-electron chi connectivity index (χ0n) is 9.19. The largest absolute Gasteiger partial charge is 0.369 e. The van der Waals surface area contributed by atoms with Gasteiger partial charge in [0.05, 0.1) is 6.61 Å². The maximum Gasteiger partial charge on any atom is 0.181 e. The average molecular weight is 204 g/mol. The maximum atomic E-state index is 11.2. The average Bonchev–Trinajstić information content (AvgIpc) is 2.18. The van der Waals surface area contributed by atoms with Crippen molar-refractivity contribution in [3.63, 3.8) is 0 Å². The van der Waals surface area contributed by atoms with E-state index in [-0.39, 0.29) is 12.4 Å². The van der Waals surface area contributed by atoms with Crippen molar-refractivity contribution in [1.82, 2.24) is 0 Å². The fourth-order valence-corrected chi connectivity index (χ4v) is 1.21. The quantitative estimate of drug-likeness (QED) is 0.689. The van der Waals surface area contributed by atoms with E-state index in [1.54, 1.807) is 6.08 Å². The van der Waals surface area contributed by atoms with Crippen molar-refractivity contribution in [2.24, 2.45) is 0 Å². The first-order chi connectivity index (χ1) is 7.18. The normalized spacial score (nSPS) is 9.73. The molecule has 0 aliphatic rings. The molecule has 0 heterocycles. The van der Waals surface area contributed by atoms with E-state index < -0.39 is 0 Å². The highest BCUT2D eigenvalue weighted by atomic mass is 16.5. The molecule has 0 radical (unpaired) electrons. The van der Waals surface area contributed by atoms with Gasteiger partial charge >= 0.3 is 0 Å². The minimum Gasteiger partial charge on any atom is -0.369 e. The van der Waals surface area contributed by atoms with Crippen LogP contribution in [0.3, 0.4) is 0 Å². The molecule has 0 fully saturated rings. The van der Waals surface area contributed by atoms with Crippen molar-refractivity contribution in [2.75, 3.05) is 6.61 Å². The summed E-state index contributed by atoms with van der Waals surface area (Å²) in [6.45, 7) is 4.44. The minimum atomic E-state index is 0.0194. The van der Waals surface area contributed by atoms with Crippen LogP contribution in [0.4, 0.5) is 0 Å². The van der Waals surface area contributed by atoms with Crippen LogP contribution in [-0.4, -0.2) is 12.4 Å². The monoisotopic (exact) mass is 204 g/mol. The van der Waals surface area contributed by atoms with E-state index in [4.69, 9.17) is 4.74 Å². The summed E-state index contributed by atoms with van der Waals surface area (Å²) in [5.74, 6) is 0.0194. The Hall–Kier alpha value is -1.41. The van der Waals surface area contributed by atoms with Gasteiger partial charge in [-0.25, -0.2) is 0 Å². The Kier molecular flexibility index (Phi) is 4.78. The Morgan fingerprint density at radius 2 is 1.93 bits per heavy atom. The van der Waals surface area contributed by atoms with E-state index in [1.807, 2.05) is 44.2 Å². The maximum absolute atomic E-state index is 11.2. The van der Waals surface area contributed by atoms with Crippen LogP contribution in [0.15, 0.2) is 42.0 Å². The van der Waals surface area contributed by atoms with Crippen molar-refractivity contribution >= 4 is 5.78 Å². The molecule has 0 aromatic heterocycles. The van der Waals surface area contributed by atoms with E-state index in [1.165, 1.54) is 0 Å². The van der Waals surface area contributed by atoms with Crippen molar-refractivity contribution in [2.45, 2.75) is 20.5 Å². The molecule has 1 rings (SSSR count). The summed E-state index contributed by atoms with van der Waals surface area (Å²) in [4.78, 5) is 11.2. The molecule has 80 valence electrons. The molecule has 0 atom stereocenters. The molecule has 1 aromatic rings. The highest BCUT2D eigenvalue weighted by molar-refractivity contribution is 5.91. The second-order valence-corrected chi connectivity index (χ2v) is 3.67. The minimum absolute atomic E-state index is 0.0194. The van der Waals surface area contributed by atoms with E-state index in [0.717, 1.165) is 11.1 Å². The topological polar surface area (TPSA) is 26.3 Å². The van der Waals surface area contributed by atoms with Crippen molar-refractivity contribution < 1.29 is 9.53 Å². The first-order valence-electron chi connectivity index (χ1n) is 4.98. The summed E-state index contributed by atoms with van der Waals surface area (Å²) in [5, 5.41) is 0. The molecule has 0 spiro atoms. The molecule has 0 aliphatic heterocycles. The Balaban J connectivity index is 2.28. The summed E-state index contributed by atoms with van der Waals surface area (Å²) in [6, 6.07) is 9.82. The van der Waals surface area contributed by atoms with Gasteiger partial charge in [0.15, 0.2) is 5.78 Å². The van der Waals surface area contributed by atoms with Gasteiger partial charge in [-0.2, -0.15) is 0 Å². The molecular formula is C13H16O2. The Morgan fingerprint density at radius 3 is 2.53 bits per heavy atom.